The lowest BCUT2D eigenvalue weighted by Crippen LogP contribution is -2.59. The van der Waals surface area contributed by atoms with Crippen LogP contribution in [0.15, 0.2) is 12.5 Å². The van der Waals surface area contributed by atoms with E-state index in [1.54, 1.807) is 6.92 Å². The summed E-state index contributed by atoms with van der Waals surface area (Å²) in [6, 6.07) is -4.23. The lowest BCUT2D eigenvalue weighted by atomic mass is 9.97. The van der Waals surface area contributed by atoms with Gasteiger partial charge in [-0.1, -0.05) is 20.3 Å². The van der Waals surface area contributed by atoms with Gasteiger partial charge < -0.3 is 36.5 Å². The fraction of sp³-hybridized carbons (Fsp3) is 0.619. The first-order chi connectivity index (χ1) is 16.1. The molecule has 0 aliphatic carbocycles. The van der Waals surface area contributed by atoms with Crippen molar-refractivity contribution in [3.05, 3.63) is 18.2 Å². The van der Waals surface area contributed by atoms with E-state index in [4.69, 9.17) is 5.11 Å². The number of aliphatic carboxylic acids is 2. The Morgan fingerprint density at radius 1 is 1.12 bits per heavy atom. The van der Waals surface area contributed by atoms with E-state index in [1.165, 1.54) is 12.5 Å². The Morgan fingerprint density at radius 2 is 1.82 bits per heavy atom. The number of aromatic nitrogens is 2. The van der Waals surface area contributed by atoms with Crippen LogP contribution >= 0.6 is 0 Å². The Morgan fingerprint density at radius 3 is 2.35 bits per heavy atom. The number of carbonyl (C=O) groups excluding carboxylic acids is 3. The molecule has 34 heavy (non-hydrogen) atoms. The highest BCUT2D eigenvalue weighted by atomic mass is 16.4. The van der Waals surface area contributed by atoms with E-state index in [9.17, 15) is 29.1 Å². The van der Waals surface area contributed by atoms with Crippen LogP contribution in [0.1, 0.15) is 45.2 Å². The number of H-pyrrole nitrogens is 1. The quantitative estimate of drug-likeness (QED) is 0.180. The van der Waals surface area contributed by atoms with Crippen molar-refractivity contribution in [3.63, 3.8) is 0 Å². The van der Waals surface area contributed by atoms with Crippen LogP contribution in [0.2, 0.25) is 0 Å². The van der Waals surface area contributed by atoms with E-state index < -0.39 is 54.3 Å². The van der Waals surface area contributed by atoms with Crippen molar-refractivity contribution in [2.75, 3.05) is 6.54 Å². The van der Waals surface area contributed by atoms with E-state index >= 15 is 0 Å². The molecular weight excluding hydrogens is 448 g/mol. The van der Waals surface area contributed by atoms with Crippen molar-refractivity contribution >= 4 is 29.7 Å². The lowest BCUT2D eigenvalue weighted by Gasteiger charge is -2.27. The van der Waals surface area contributed by atoms with Crippen LogP contribution in [0.25, 0.3) is 0 Å². The lowest BCUT2D eigenvalue weighted by molar-refractivity contribution is -0.147. The average molecular weight is 481 g/mol. The second-order valence-corrected chi connectivity index (χ2v) is 8.36. The average Bonchev–Trinajstić information content (AvgIpc) is 3.49. The summed E-state index contributed by atoms with van der Waals surface area (Å²) in [7, 11) is 0. The normalized spacial score (nSPS) is 18.8. The molecule has 0 spiro atoms. The molecule has 1 aromatic rings. The van der Waals surface area contributed by atoms with Gasteiger partial charge in [0.1, 0.15) is 18.1 Å². The molecule has 1 aromatic heterocycles. The predicted octanol–water partition coefficient (Wildman–Crippen LogP) is -1.24. The molecular formula is C21H32N6O7. The van der Waals surface area contributed by atoms with Crippen molar-refractivity contribution in [1.29, 1.82) is 0 Å². The van der Waals surface area contributed by atoms with Crippen LogP contribution in [-0.4, -0.2) is 80.6 Å². The fourth-order valence-corrected chi connectivity index (χ4v) is 3.60. The van der Waals surface area contributed by atoms with Gasteiger partial charge in [-0.3, -0.25) is 19.2 Å². The van der Waals surface area contributed by atoms with E-state index in [0.717, 1.165) is 6.42 Å². The summed E-state index contributed by atoms with van der Waals surface area (Å²) in [5.41, 5.74) is 0.491. The zero-order valence-corrected chi connectivity index (χ0v) is 19.2. The van der Waals surface area contributed by atoms with Gasteiger partial charge in [0.05, 0.1) is 18.8 Å². The molecule has 7 N–H and O–H groups in total. The highest BCUT2D eigenvalue weighted by Gasteiger charge is 2.34. The molecule has 3 amide bonds. The van der Waals surface area contributed by atoms with Crippen LogP contribution in [0, 0.1) is 5.92 Å². The summed E-state index contributed by atoms with van der Waals surface area (Å²) in [5, 5.41) is 28.8. The van der Waals surface area contributed by atoms with Crippen LogP contribution in [0.5, 0.6) is 0 Å². The summed E-state index contributed by atoms with van der Waals surface area (Å²) >= 11 is 0. The maximum Gasteiger partial charge on any atom is 0.326 e. The molecule has 0 radical (unpaired) electrons. The number of aromatic amines is 1. The molecule has 0 aromatic carbocycles. The Kier molecular flexibility index (Phi) is 9.98. The Bertz CT molecular complexity index is 869. The first-order valence-corrected chi connectivity index (χ1v) is 11.2. The summed E-state index contributed by atoms with van der Waals surface area (Å²) in [6.07, 6.45) is 4.03. The molecule has 188 valence electrons. The zero-order chi connectivity index (χ0) is 25.3. The van der Waals surface area contributed by atoms with Crippen molar-refractivity contribution in [2.45, 2.75) is 70.1 Å². The third-order valence-corrected chi connectivity index (χ3v) is 5.78. The Balaban J connectivity index is 2.18. The summed E-state index contributed by atoms with van der Waals surface area (Å²) in [5.74, 6) is -4.95. The van der Waals surface area contributed by atoms with Crippen molar-refractivity contribution in [2.24, 2.45) is 5.92 Å². The maximum atomic E-state index is 13.2. The van der Waals surface area contributed by atoms with Crippen molar-refractivity contribution < 1.29 is 34.2 Å². The van der Waals surface area contributed by atoms with Gasteiger partial charge in [-0.05, 0) is 25.3 Å². The fourth-order valence-electron chi connectivity index (χ4n) is 3.60. The Labute approximate surface area is 196 Å². The minimum absolute atomic E-state index is 0.0532. The number of nitrogens with one attached hydrogen (secondary N) is 5. The molecule has 5 atom stereocenters. The zero-order valence-electron chi connectivity index (χ0n) is 19.2. The number of hydrogen-bond acceptors (Lipinski definition) is 7. The molecule has 13 heteroatoms. The van der Waals surface area contributed by atoms with Gasteiger partial charge in [-0.2, -0.15) is 0 Å². The highest BCUT2D eigenvalue weighted by molar-refractivity contribution is 5.95. The molecule has 0 bridgehead atoms. The first-order valence-electron chi connectivity index (χ1n) is 11.2. The minimum atomic E-state index is -1.68. The molecule has 2 rings (SSSR count). The number of imidazole rings is 1. The van der Waals surface area contributed by atoms with Gasteiger partial charge in [0.2, 0.25) is 17.7 Å². The van der Waals surface area contributed by atoms with Gasteiger partial charge >= 0.3 is 11.9 Å². The molecule has 5 unspecified atom stereocenters. The SMILES string of the molecule is CCC(C)C(NC(=O)C1CCCN1)C(=O)NC(Cc1cnc[nH]1)C(=O)NC(CC(=O)O)C(=O)O. The number of hydrogen-bond donors (Lipinski definition) is 7. The second-order valence-electron chi connectivity index (χ2n) is 8.36. The monoisotopic (exact) mass is 480 g/mol. The predicted molar refractivity (Wildman–Crippen MR) is 118 cm³/mol. The smallest absolute Gasteiger partial charge is 0.326 e. The third kappa shape index (κ3) is 7.83. The number of carbonyl (C=O) groups is 5. The maximum absolute atomic E-state index is 13.2. The molecule has 13 nitrogen and oxygen atoms in total. The largest absolute Gasteiger partial charge is 0.481 e. The van der Waals surface area contributed by atoms with Crippen LogP contribution in [0.4, 0.5) is 0 Å². The molecule has 1 aliphatic rings. The number of carboxylic acids is 2. The number of nitrogens with zero attached hydrogens (tertiary/aromatic N) is 1. The molecule has 1 fully saturated rings. The third-order valence-electron chi connectivity index (χ3n) is 5.78. The number of amides is 3. The summed E-state index contributed by atoms with van der Waals surface area (Å²) < 4.78 is 0. The van der Waals surface area contributed by atoms with Gasteiger partial charge in [-0.15, -0.1) is 0 Å². The first kappa shape index (κ1) is 26.8. The minimum Gasteiger partial charge on any atom is -0.481 e. The molecule has 0 saturated carbocycles. The number of rotatable bonds is 13. The molecule has 1 aliphatic heterocycles. The van der Waals surface area contributed by atoms with Crippen molar-refractivity contribution in [1.82, 2.24) is 31.2 Å². The van der Waals surface area contributed by atoms with Gasteiger partial charge in [0.25, 0.3) is 0 Å². The second kappa shape index (κ2) is 12.7. The molecule has 1 saturated heterocycles. The summed E-state index contributed by atoms with van der Waals surface area (Å²) in [6.45, 7) is 4.37. The highest BCUT2D eigenvalue weighted by Crippen LogP contribution is 2.12. The summed E-state index contributed by atoms with van der Waals surface area (Å²) in [4.78, 5) is 67.7. The Hall–Kier alpha value is -3.48. The van der Waals surface area contributed by atoms with E-state index in [1.807, 2.05) is 6.92 Å². The van der Waals surface area contributed by atoms with Crippen LogP contribution in [0.3, 0.4) is 0 Å². The number of carboxylic acid groups (broad SMARTS) is 2. The van der Waals surface area contributed by atoms with Crippen LogP contribution < -0.4 is 21.3 Å². The topological polar surface area (TPSA) is 203 Å². The van der Waals surface area contributed by atoms with Crippen molar-refractivity contribution in [3.8, 4) is 0 Å². The standard InChI is InChI=1S/C21H32N6O7/c1-3-11(2)17(27-18(30)13-5-4-6-23-13)20(32)25-14(7-12-9-22-10-24-12)19(31)26-15(21(33)34)8-16(28)29/h9-11,13-15,17,23H,3-8H2,1-2H3,(H,22,24)(H,25,32)(H,26,31)(H,27,30)(H,28,29)(H,33,34). The van der Waals surface area contributed by atoms with E-state index in [-0.39, 0.29) is 18.2 Å². The molecule has 2 heterocycles. The van der Waals surface area contributed by atoms with E-state index in [2.05, 4.69) is 31.2 Å². The van der Waals surface area contributed by atoms with Gasteiger partial charge in [0.15, 0.2) is 0 Å². The van der Waals surface area contributed by atoms with E-state index in [0.29, 0.717) is 25.1 Å². The van der Waals surface area contributed by atoms with Gasteiger partial charge in [-0.25, -0.2) is 9.78 Å². The van der Waals surface area contributed by atoms with Crippen LogP contribution in [-0.2, 0) is 30.4 Å². The van der Waals surface area contributed by atoms with Gasteiger partial charge in [0, 0.05) is 18.3 Å².